The smallest absolute Gasteiger partial charge is 0.142 e. The topological polar surface area (TPSA) is 47.3 Å². The molecule has 106 valence electrons. The van der Waals surface area contributed by atoms with E-state index >= 15 is 0 Å². The Bertz CT molecular complexity index is 597. The van der Waals surface area contributed by atoms with Gasteiger partial charge in [-0.25, -0.2) is 9.82 Å². The molecule has 0 amide bonds. The van der Waals surface area contributed by atoms with Gasteiger partial charge in [-0.2, -0.15) is 0 Å². The van der Waals surface area contributed by atoms with Gasteiger partial charge in [0.25, 0.3) is 0 Å². The molecule has 0 spiro atoms. The van der Waals surface area contributed by atoms with Gasteiger partial charge in [-0.15, -0.1) is 0 Å². The average Bonchev–Trinajstić information content (AvgIpc) is 2.44. The predicted octanol–water partition coefficient (Wildman–Crippen LogP) is 3.83. The van der Waals surface area contributed by atoms with Crippen LogP contribution in [0.4, 0.5) is 4.39 Å². The molecule has 2 aromatic carbocycles. The maximum absolute atomic E-state index is 14.0. The SMILES string of the molecule is NNC(COc1cccc(Cl)c1)c1cccc(Br)c1F. The van der Waals surface area contributed by atoms with Crippen molar-refractivity contribution in [3.63, 3.8) is 0 Å². The number of rotatable bonds is 5. The van der Waals surface area contributed by atoms with Crippen LogP contribution in [0.3, 0.4) is 0 Å². The third-order valence-corrected chi connectivity index (χ3v) is 3.62. The van der Waals surface area contributed by atoms with Gasteiger partial charge in [0.1, 0.15) is 18.2 Å². The molecule has 6 heteroatoms. The highest BCUT2D eigenvalue weighted by atomic mass is 79.9. The lowest BCUT2D eigenvalue weighted by Gasteiger charge is -2.18. The van der Waals surface area contributed by atoms with Gasteiger partial charge in [-0.3, -0.25) is 5.84 Å². The number of nitrogens with one attached hydrogen (secondary N) is 1. The summed E-state index contributed by atoms with van der Waals surface area (Å²) in [6.07, 6.45) is 0. The van der Waals surface area contributed by atoms with Crippen molar-refractivity contribution in [3.05, 3.63) is 63.3 Å². The molecule has 1 unspecified atom stereocenters. The van der Waals surface area contributed by atoms with Crippen LogP contribution >= 0.6 is 27.5 Å². The molecule has 0 heterocycles. The molecule has 1 atom stereocenters. The van der Waals surface area contributed by atoms with Gasteiger partial charge in [0, 0.05) is 10.6 Å². The highest BCUT2D eigenvalue weighted by molar-refractivity contribution is 9.10. The fourth-order valence-corrected chi connectivity index (χ4v) is 2.32. The fourth-order valence-electron chi connectivity index (χ4n) is 1.75. The zero-order valence-corrected chi connectivity index (χ0v) is 12.8. The van der Waals surface area contributed by atoms with E-state index in [9.17, 15) is 4.39 Å². The Morgan fingerprint density at radius 3 is 2.75 bits per heavy atom. The molecule has 0 fully saturated rings. The van der Waals surface area contributed by atoms with Crippen LogP contribution in [0.25, 0.3) is 0 Å². The summed E-state index contributed by atoms with van der Waals surface area (Å²) in [5.41, 5.74) is 2.99. The van der Waals surface area contributed by atoms with Gasteiger partial charge in [-0.1, -0.05) is 29.8 Å². The van der Waals surface area contributed by atoms with Crippen molar-refractivity contribution < 1.29 is 9.13 Å². The van der Waals surface area contributed by atoms with Gasteiger partial charge < -0.3 is 4.74 Å². The monoisotopic (exact) mass is 358 g/mol. The van der Waals surface area contributed by atoms with Crippen molar-refractivity contribution in [2.45, 2.75) is 6.04 Å². The van der Waals surface area contributed by atoms with Crippen molar-refractivity contribution in [1.29, 1.82) is 0 Å². The average molecular weight is 360 g/mol. The summed E-state index contributed by atoms with van der Waals surface area (Å²) >= 11 is 9.02. The van der Waals surface area contributed by atoms with Crippen LogP contribution in [0.5, 0.6) is 5.75 Å². The first-order chi connectivity index (χ1) is 9.61. The minimum atomic E-state index is -0.466. The molecular formula is C14H13BrClFN2O. The Morgan fingerprint density at radius 1 is 1.30 bits per heavy atom. The number of hydrogen-bond acceptors (Lipinski definition) is 3. The molecule has 0 bridgehead atoms. The van der Waals surface area contributed by atoms with Crippen LogP contribution in [0.15, 0.2) is 46.9 Å². The highest BCUT2D eigenvalue weighted by Crippen LogP contribution is 2.25. The normalized spacial score (nSPS) is 12.2. The number of hydrogen-bond donors (Lipinski definition) is 2. The molecule has 0 saturated heterocycles. The van der Waals surface area contributed by atoms with Gasteiger partial charge in [0.2, 0.25) is 0 Å². The van der Waals surface area contributed by atoms with Crippen LogP contribution in [0.1, 0.15) is 11.6 Å². The molecule has 0 aliphatic carbocycles. The molecule has 0 aliphatic heterocycles. The Labute approximate surface area is 130 Å². The van der Waals surface area contributed by atoms with Gasteiger partial charge in [0.05, 0.1) is 10.5 Å². The van der Waals surface area contributed by atoms with Gasteiger partial charge >= 0.3 is 0 Å². The first-order valence-corrected chi connectivity index (χ1v) is 7.07. The lowest BCUT2D eigenvalue weighted by atomic mass is 10.1. The van der Waals surface area contributed by atoms with Crippen molar-refractivity contribution >= 4 is 27.5 Å². The van der Waals surface area contributed by atoms with Gasteiger partial charge in [0.15, 0.2) is 0 Å². The summed E-state index contributed by atoms with van der Waals surface area (Å²) in [5.74, 6) is 5.73. The Hall–Kier alpha value is -1.14. The van der Waals surface area contributed by atoms with Gasteiger partial charge in [-0.05, 0) is 40.2 Å². The van der Waals surface area contributed by atoms with E-state index in [4.69, 9.17) is 22.2 Å². The van der Waals surface area contributed by atoms with E-state index in [1.165, 1.54) is 0 Å². The molecule has 3 N–H and O–H groups in total. The molecule has 2 rings (SSSR count). The summed E-state index contributed by atoms with van der Waals surface area (Å²) in [4.78, 5) is 0. The van der Waals surface area contributed by atoms with Crippen LogP contribution < -0.4 is 16.0 Å². The Kier molecular flexibility index (Phi) is 5.37. The second-order valence-electron chi connectivity index (χ2n) is 4.13. The third-order valence-electron chi connectivity index (χ3n) is 2.77. The number of nitrogens with two attached hydrogens (primary N) is 1. The molecule has 2 aromatic rings. The summed E-state index contributed by atoms with van der Waals surface area (Å²) in [7, 11) is 0. The van der Waals surface area contributed by atoms with E-state index in [0.717, 1.165) is 0 Å². The number of ether oxygens (including phenoxy) is 1. The maximum Gasteiger partial charge on any atom is 0.142 e. The van der Waals surface area contributed by atoms with Crippen LogP contribution in [0, 0.1) is 5.82 Å². The summed E-state index contributed by atoms with van der Waals surface area (Å²) in [6, 6.07) is 11.6. The van der Waals surface area contributed by atoms with E-state index in [-0.39, 0.29) is 12.4 Å². The second kappa shape index (κ2) is 7.04. The van der Waals surface area contributed by atoms with E-state index in [0.29, 0.717) is 20.8 Å². The summed E-state index contributed by atoms with van der Waals surface area (Å²) in [5, 5.41) is 0.577. The van der Waals surface area contributed by atoms with Crippen molar-refractivity contribution in [2.24, 2.45) is 5.84 Å². The molecule has 20 heavy (non-hydrogen) atoms. The third kappa shape index (κ3) is 3.70. The first-order valence-electron chi connectivity index (χ1n) is 5.90. The highest BCUT2D eigenvalue weighted by Gasteiger charge is 2.17. The van der Waals surface area contributed by atoms with E-state index in [1.807, 2.05) is 0 Å². The minimum Gasteiger partial charge on any atom is -0.491 e. The summed E-state index contributed by atoms with van der Waals surface area (Å²) < 4.78 is 20.0. The number of benzene rings is 2. The molecular weight excluding hydrogens is 347 g/mol. The van der Waals surface area contributed by atoms with Crippen molar-refractivity contribution in [2.75, 3.05) is 6.61 Å². The molecule has 0 radical (unpaired) electrons. The molecule has 3 nitrogen and oxygen atoms in total. The summed E-state index contributed by atoms with van der Waals surface area (Å²) in [6.45, 7) is 0.185. The van der Waals surface area contributed by atoms with E-state index in [1.54, 1.807) is 42.5 Å². The molecule has 0 aliphatic rings. The Morgan fingerprint density at radius 2 is 2.05 bits per heavy atom. The fraction of sp³-hybridized carbons (Fsp3) is 0.143. The van der Waals surface area contributed by atoms with Crippen LogP contribution in [0.2, 0.25) is 5.02 Å². The van der Waals surface area contributed by atoms with E-state index < -0.39 is 6.04 Å². The number of halogens is 3. The standard InChI is InChI=1S/C14H13BrClFN2O/c15-12-6-2-5-11(14(12)17)13(19-18)8-20-10-4-1-3-9(16)7-10/h1-7,13,19H,8,18H2. The maximum atomic E-state index is 14.0. The second-order valence-corrected chi connectivity index (χ2v) is 5.42. The quantitative estimate of drug-likeness (QED) is 0.630. The van der Waals surface area contributed by atoms with E-state index in [2.05, 4.69) is 21.4 Å². The first kappa shape index (κ1) is 15.3. The van der Waals surface area contributed by atoms with Crippen LogP contribution in [-0.2, 0) is 0 Å². The van der Waals surface area contributed by atoms with Crippen molar-refractivity contribution in [1.82, 2.24) is 5.43 Å². The zero-order chi connectivity index (χ0) is 14.5. The lowest BCUT2D eigenvalue weighted by molar-refractivity contribution is 0.264. The minimum absolute atomic E-state index is 0.185. The lowest BCUT2D eigenvalue weighted by Crippen LogP contribution is -2.33. The molecule has 0 aromatic heterocycles. The molecule has 0 saturated carbocycles. The van der Waals surface area contributed by atoms with Crippen molar-refractivity contribution in [3.8, 4) is 5.75 Å². The Balaban J connectivity index is 2.11. The predicted molar refractivity (Wildman–Crippen MR) is 81.1 cm³/mol. The zero-order valence-electron chi connectivity index (χ0n) is 10.4. The number of hydrazine groups is 1. The van der Waals surface area contributed by atoms with Crippen LogP contribution in [-0.4, -0.2) is 6.61 Å². The largest absolute Gasteiger partial charge is 0.491 e.